The summed E-state index contributed by atoms with van der Waals surface area (Å²) in [5.41, 5.74) is -2.85. The Morgan fingerprint density at radius 2 is 1.90 bits per heavy atom. The summed E-state index contributed by atoms with van der Waals surface area (Å²) in [6, 6.07) is 0. The van der Waals surface area contributed by atoms with Gasteiger partial charge in [0.1, 0.15) is 0 Å². The molecule has 0 aromatic carbocycles. The van der Waals surface area contributed by atoms with E-state index in [2.05, 4.69) is 0 Å². The highest BCUT2D eigenvalue weighted by Crippen LogP contribution is 2.61. The van der Waals surface area contributed by atoms with E-state index in [-0.39, 0.29) is 11.6 Å². The van der Waals surface area contributed by atoms with Crippen LogP contribution in [0.3, 0.4) is 0 Å². The van der Waals surface area contributed by atoms with Crippen molar-refractivity contribution in [2.45, 2.75) is 31.1 Å². The first-order chi connectivity index (χ1) is 9.45. The number of carbonyl (C=O) groups is 4. The number of hydrogen-bond donors (Lipinski definition) is 0. The quantitative estimate of drug-likeness (QED) is 0.609. The van der Waals surface area contributed by atoms with Crippen LogP contribution in [0.5, 0.6) is 0 Å². The Morgan fingerprint density at radius 1 is 1.25 bits per heavy atom. The lowest BCUT2D eigenvalue weighted by Crippen LogP contribution is -2.63. The molecular formula is C14H13NO5. The van der Waals surface area contributed by atoms with Crippen molar-refractivity contribution >= 4 is 23.3 Å². The maximum atomic E-state index is 12.6. The monoisotopic (exact) mass is 275 g/mol. The average Bonchev–Trinajstić information content (AvgIpc) is 3.01. The van der Waals surface area contributed by atoms with Crippen molar-refractivity contribution < 1.29 is 23.9 Å². The van der Waals surface area contributed by atoms with Crippen molar-refractivity contribution in [1.29, 1.82) is 0 Å². The Balaban J connectivity index is 2.00. The highest BCUT2D eigenvalue weighted by molar-refractivity contribution is 6.20. The summed E-state index contributed by atoms with van der Waals surface area (Å²) < 4.78 is 5.88. The molecule has 3 heterocycles. The Morgan fingerprint density at radius 3 is 2.55 bits per heavy atom. The van der Waals surface area contributed by atoms with E-state index in [9.17, 15) is 19.2 Å². The van der Waals surface area contributed by atoms with Gasteiger partial charge in [0.2, 0.25) is 5.60 Å². The van der Waals surface area contributed by atoms with Crippen LogP contribution in [0.15, 0.2) is 12.2 Å². The van der Waals surface area contributed by atoms with Crippen molar-refractivity contribution in [2.24, 2.45) is 11.8 Å². The summed E-state index contributed by atoms with van der Waals surface area (Å²) >= 11 is 0. The number of rotatable bonds is 1. The van der Waals surface area contributed by atoms with E-state index >= 15 is 0 Å². The molecule has 0 radical (unpaired) electrons. The average molecular weight is 275 g/mol. The minimum absolute atomic E-state index is 0.225. The summed E-state index contributed by atoms with van der Waals surface area (Å²) in [5.74, 6) is -3.23. The Bertz CT molecular complexity index is 623. The maximum Gasteiger partial charge on any atom is 0.265 e. The second kappa shape index (κ2) is 3.25. The highest BCUT2D eigenvalue weighted by Gasteiger charge is 2.81. The molecule has 3 fully saturated rings. The largest absolute Gasteiger partial charge is 0.330 e. The van der Waals surface area contributed by atoms with Crippen LogP contribution in [0.25, 0.3) is 0 Å². The van der Waals surface area contributed by atoms with Crippen molar-refractivity contribution in [1.82, 2.24) is 4.90 Å². The van der Waals surface area contributed by atoms with Gasteiger partial charge in [-0.2, -0.15) is 0 Å². The molecule has 6 heteroatoms. The molecule has 0 saturated carbocycles. The fourth-order valence-electron chi connectivity index (χ4n) is 4.36. The van der Waals surface area contributed by atoms with E-state index in [1.54, 1.807) is 0 Å². The fraction of sp³-hybridized carbons (Fsp3) is 0.571. The van der Waals surface area contributed by atoms with Gasteiger partial charge < -0.3 is 9.64 Å². The molecule has 104 valence electrons. The van der Waals surface area contributed by atoms with Gasteiger partial charge in [0, 0.05) is 6.54 Å². The van der Waals surface area contributed by atoms with Crippen LogP contribution in [-0.2, 0) is 23.9 Å². The van der Waals surface area contributed by atoms with Gasteiger partial charge in [0.15, 0.2) is 23.1 Å². The number of ketones is 3. The molecule has 3 saturated heterocycles. The standard InChI is InChI=1S/C14H13NO5/c1-7(16)14-11-9(18)4-3-8(17)10(11)13(20-14)5-2-6-15(13)12(14)19/h3-4,10-11H,2,5-6H2,1H3/t10-,11+,13?,14?/m1/s1. The van der Waals surface area contributed by atoms with E-state index in [4.69, 9.17) is 4.74 Å². The molecule has 20 heavy (non-hydrogen) atoms. The van der Waals surface area contributed by atoms with Gasteiger partial charge >= 0.3 is 0 Å². The number of hydrogen-bond acceptors (Lipinski definition) is 5. The lowest BCUT2D eigenvalue weighted by Gasteiger charge is -2.40. The van der Waals surface area contributed by atoms with Gasteiger partial charge in [-0.15, -0.1) is 0 Å². The molecule has 4 aliphatic rings. The molecule has 0 N–H and O–H groups in total. The molecule has 4 rings (SSSR count). The van der Waals surface area contributed by atoms with Crippen LogP contribution in [0.4, 0.5) is 0 Å². The smallest absolute Gasteiger partial charge is 0.265 e. The maximum absolute atomic E-state index is 12.6. The molecule has 1 spiro atoms. The van der Waals surface area contributed by atoms with Crippen molar-refractivity contribution in [3.63, 3.8) is 0 Å². The lowest BCUT2D eigenvalue weighted by molar-refractivity contribution is -0.155. The molecule has 4 atom stereocenters. The second-order valence-corrected chi connectivity index (χ2v) is 5.89. The lowest BCUT2D eigenvalue weighted by atomic mass is 9.66. The Hall–Kier alpha value is -1.82. The zero-order valence-electron chi connectivity index (χ0n) is 10.9. The van der Waals surface area contributed by atoms with Gasteiger partial charge in [-0.3, -0.25) is 19.2 Å². The molecule has 0 aromatic rings. The minimum Gasteiger partial charge on any atom is -0.330 e. The molecule has 1 amide bonds. The molecule has 1 aliphatic carbocycles. The van der Waals surface area contributed by atoms with Crippen LogP contribution in [0.1, 0.15) is 19.8 Å². The third-order valence-corrected chi connectivity index (χ3v) is 5.08. The predicted octanol–water partition coefficient (Wildman–Crippen LogP) is -0.383. The highest BCUT2D eigenvalue weighted by atomic mass is 16.6. The molecule has 2 bridgehead atoms. The molecule has 6 nitrogen and oxygen atoms in total. The summed E-state index contributed by atoms with van der Waals surface area (Å²) in [6.07, 6.45) is 3.63. The molecule has 0 aromatic heterocycles. The number of fused-ring (bicyclic) bond motifs is 3. The number of nitrogens with zero attached hydrogens (tertiary/aromatic N) is 1. The second-order valence-electron chi connectivity index (χ2n) is 5.89. The van der Waals surface area contributed by atoms with E-state index in [0.29, 0.717) is 19.4 Å². The molecule has 3 aliphatic heterocycles. The Kier molecular flexibility index (Phi) is 1.95. The van der Waals surface area contributed by atoms with E-state index < -0.39 is 34.9 Å². The number of ether oxygens (including phenoxy) is 1. The number of amides is 1. The third kappa shape index (κ3) is 0.964. The van der Waals surface area contributed by atoms with Crippen molar-refractivity contribution in [2.75, 3.05) is 6.54 Å². The van der Waals surface area contributed by atoms with Crippen LogP contribution in [-0.4, -0.2) is 46.0 Å². The zero-order valence-corrected chi connectivity index (χ0v) is 10.9. The summed E-state index contributed by atoms with van der Waals surface area (Å²) in [7, 11) is 0. The number of Topliss-reactive ketones (excluding diaryl/α,β-unsaturated/α-hetero) is 1. The van der Waals surface area contributed by atoms with Crippen LogP contribution >= 0.6 is 0 Å². The first-order valence-corrected chi connectivity index (χ1v) is 6.74. The van der Waals surface area contributed by atoms with Crippen LogP contribution in [0, 0.1) is 11.8 Å². The first kappa shape index (κ1) is 12.0. The van der Waals surface area contributed by atoms with Gasteiger partial charge in [-0.25, -0.2) is 0 Å². The van der Waals surface area contributed by atoms with Gasteiger partial charge in [-0.05, 0) is 31.9 Å². The number of carbonyl (C=O) groups excluding carboxylic acids is 4. The van der Waals surface area contributed by atoms with Crippen LogP contribution < -0.4 is 0 Å². The van der Waals surface area contributed by atoms with Crippen molar-refractivity contribution in [3.05, 3.63) is 12.2 Å². The summed E-state index contributed by atoms with van der Waals surface area (Å²) in [4.78, 5) is 50.7. The SMILES string of the molecule is CC(=O)C12OC3(CCCN3C1=O)[C@@H]1C(=O)C=CC(=O)[C@@H]12. The summed E-state index contributed by atoms with van der Waals surface area (Å²) in [6.45, 7) is 1.73. The van der Waals surface area contributed by atoms with E-state index in [1.165, 1.54) is 24.0 Å². The fourth-order valence-corrected chi connectivity index (χ4v) is 4.36. The van der Waals surface area contributed by atoms with Gasteiger partial charge in [0.05, 0.1) is 11.8 Å². The third-order valence-electron chi connectivity index (χ3n) is 5.08. The summed E-state index contributed by atoms with van der Waals surface area (Å²) in [5, 5.41) is 0. The molecule has 2 unspecified atom stereocenters. The van der Waals surface area contributed by atoms with E-state index in [1.807, 2.05) is 0 Å². The topological polar surface area (TPSA) is 80.8 Å². The molecular weight excluding hydrogens is 262 g/mol. The van der Waals surface area contributed by atoms with Gasteiger partial charge in [0.25, 0.3) is 5.91 Å². The van der Waals surface area contributed by atoms with E-state index in [0.717, 1.165) is 0 Å². The van der Waals surface area contributed by atoms with Crippen molar-refractivity contribution in [3.8, 4) is 0 Å². The van der Waals surface area contributed by atoms with Gasteiger partial charge in [-0.1, -0.05) is 0 Å². The number of allylic oxidation sites excluding steroid dienone is 2. The minimum atomic E-state index is -1.78. The Labute approximate surface area is 114 Å². The normalized spacial score (nSPS) is 45.0. The van der Waals surface area contributed by atoms with Crippen LogP contribution in [0.2, 0.25) is 0 Å². The predicted molar refractivity (Wildman–Crippen MR) is 64.3 cm³/mol. The first-order valence-electron chi connectivity index (χ1n) is 6.74. The zero-order chi connectivity index (χ0) is 14.3. The number of piperidine rings is 1.